The first-order valence-electron chi connectivity index (χ1n) is 8.91. The van der Waals surface area contributed by atoms with E-state index in [9.17, 15) is 9.18 Å². The number of aromatic nitrogens is 1. The highest BCUT2D eigenvalue weighted by Crippen LogP contribution is 2.38. The first kappa shape index (κ1) is 20.9. The lowest BCUT2D eigenvalue weighted by Gasteiger charge is -2.12. The highest BCUT2D eigenvalue weighted by molar-refractivity contribution is 5.87. The first-order chi connectivity index (χ1) is 14.5. The van der Waals surface area contributed by atoms with Crippen molar-refractivity contribution in [3.63, 3.8) is 0 Å². The molecule has 156 valence electrons. The van der Waals surface area contributed by atoms with E-state index >= 15 is 0 Å². The van der Waals surface area contributed by atoms with Crippen LogP contribution >= 0.6 is 0 Å². The van der Waals surface area contributed by atoms with Crippen LogP contribution in [0.1, 0.15) is 11.3 Å². The molecule has 7 nitrogen and oxygen atoms in total. The number of hydrogen-bond donors (Lipinski definition) is 0. The van der Waals surface area contributed by atoms with Crippen molar-refractivity contribution in [2.24, 2.45) is 0 Å². The summed E-state index contributed by atoms with van der Waals surface area (Å²) in [4.78, 5) is 12.0. The Labute approximate surface area is 172 Å². The zero-order valence-corrected chi connectivity index (χ0v) is 16.7. The third-order valence-corrected chi connectivity index (χ3v) is 4.16. The Bertz CT molecular complexity index is 1030. The van der Waals surface area contributed by atoms with Gasteiger partial charge in [0, 0.05) is 12.1 Å². The average molecular weight is 413 g/mol. The van der Waals surface area contributed by atoms with Gasteiger partial charge in [0.05, 0.1) is 26.9 Å². The van der Waals surface area contributed by atoms with Gasteiger partial charge in [-0.25, -0.2) is 9.18 Å². The van der Waals surface area contributed by atoms with Gasteiger partial charge in [0.2, 0.25) is 5.75 Å². The number of ether oxygens (including phenoxy) is 4. The van der Waals surface area contributed by atoms with Crippen molar-refractivity contribution < 1.29 is 32.7 Å². The number of esters is 1. The van der Waals surface area contributed by atoms with Crippen molar-refractivity contribution in [2.75, 3.05) is 21.3 Å². The van der Waals surface area contributed by atoms with E-state index in [0.29, 0.717) is 28.5 Å². The fraction of sp³-hybridized carbons (Fsp3) is 0.182. The fourth-order valence-electron chi connectivity index (χ4n) is 2.72. The van der Waals surface area contributed by atoms with Gasteiger partial charge in [-0.15, -0.1) is 0 Å². The van der Waals surface area contributed by atoms with Crippen molar-refractivity contribution in [2.45, 2.75) is 6.61 Å². The van der Waals surface area contributed by atoms with Crippen molar-refractivity contribution in [1.29, 1.82) is 0 Å². The minimum Gasteiger partial charge on any atom is -0.493 e. The van der Waals surface area contributed by atoms with Crippen LogP contribution in [-0.2, 0) is 16.1 Å². The molecule has 0 aliphatic rings. The predicted molar refractivity (Wildman–Crippen MR) is 107 cm³/mol. The third kappa shape index (κ3) is 4.78. The summed E-state index contributed by atoms with van der Waals surface area (Å²) in [6.45, 7) is -0.115. The van der Waals surface area contributed by atoms with Crippen LogP contribution in [0.15, 0.2) is 53.1 Å². The van der Waals surface area contributed by atoms with Crippen LogP contribution in [0, 0.1) is 5.82 Å². The summed E-state index contributed by atoms with van der Waals surface area (Å²) < 4.78 is 39.9. The molecule has 0 atom stereocenters. The molecule has 1 aromatic heterocycles. The van der Waals surface area contributed by atoms with E-state index in [1.807, 2.05) is 0 Å². The molecule has 0 saturated carbocycles. The maximum Gasteiger partial charge on any atom is 0.331 e. The molecular formula is C22H20FNO6. The molecule has 8 heteroatoms. The van der Waals surface area contributed by atoms with E-state index in [2.05, 4.69) is 5.16 Å². The van der Waals surface area contributed by atoms with E-state index in [1.165, 1.54) is 39.5 Å². The Morgan fingerprint density at radius 2 is 1.77 bits per heavy atom. The van der Waals surface area contributed by atoms with Crippen molar-refractivity contribution >= 4 is 12.0 Å². The summed E-state index contributed by atoms with van der Waals surface area (Å²) in [5.41, 5.74) is 1.30. The number of benzene rings is 2. The van der Waals surface area contributed by atoms with Gasteiger partial charge in [0.25, 0.3) is 0 Å². The number of halogens is 1. The standard InChI is InChI=1S/C22H20FNO6/c1-26-19-10-14(11-20(27-2)22(19)28-3)8-9-21(25)29-13-15-12-18(30-24-15)16-6-4-5-7-17(16)23/h4-12H,13H2,1-3H3/b9-8-. The lowest BCUT2D eigenvalue weighted by atomic mass is 10.1. The lowest BCUT2D eigenvalue weighted by Crippen LogP contribution is -2.01. The van der Waals surface area contributed by atoms with Crippen LogP contribution in [0.3, 0.4) is 0 Å². The molecule has 0 spiro atoms. The zero-order chi connectivity index (χ0) is 21.5. The van der Waals surface area contributed by atoms with Crippen LogP contribution in [0.4, 0.5) is 4.39 Å². The molecule has 3 rings (SSSR count). The highest BCUT2D eigenvalue weighted by Gasteiger charge is 2.13. The Hall–Kier alpha value is -3.81. The molecule has 0 radical (unpaired) electrons. The number of methoxy groups -OCH3 is 3. The molecular weight excluding hydrogens is 393 g/mol. The second-order valence-electron chi connectivity index (χ2n) is 6.06. The zero-order valence-electron chi connectivity index (χ0n) is 16.7. The summed E-state index contributed by atoms with van der Waals surface area (Å²) in [6.07, 6.45) is 2.82. The van der Waals surface area contributed by atoms with Gasteiger partial charge < -0.3 is 23.5 Å². The SMILES string of the molecule is COc1cc(/C=C\C(=O)OCc2cc(-c3ccccc3F)on2)cc(OC)c1OC. The number of carbonyl (C=O) groups is 1. The molecule has 0 fully saturated rings. The van der Waals surface area contributed by atoms with Gasteiger partial charge in [-0.3, -0.25) is 0 Å². The topological polar surface area (TPSA) is 80.0 Å². The molecule has 0 aliphatic carbocycles. The van der Waals surface area contributed by atoms with Crippen molar-refractivity contribution in [1.82, 2.24) is 5.16 Å². The Morgan fingerprint density at radius 1 is 1.07 bits per heavy atom. The first-order valence-corrected chi connectivity index (χ1v) is 8.91. The van der Waals surface area contributed by atoms with E-state index in [0.717, 1.165) is 0 Å². The molecule has 0 saturated heterocycles. The summed E-state index contributed by atoms with van der Waals surface area (Å²) in [5.74, 6) is 0.634. The van der Waals surface area contributed by atoms with Gasteiger partial charge >= 0.3 is 5.97 Å². The minimum absolute atomic E-state index is 0.115. The maximum absolute atomic E-state index is 13.8. The molecule has 0 aliphatic heterocycles. The molecule has 3 aromatic rings. The highest BCUT2D eigenvalue weighted by atomic mass is 19.1. The second kappa shape index (κ2) is 9.60. The smallest absolute Gasteiger partial charge is 0.331 e. The van der Waals surface area contributed by atoms with Crippen molar-refractivity contribution in [3.05, 3.63) is 65.6 Å². The molecule has 0 N–H and O–H groups in total. The van der Waals surface area contributed by atoms with E-state index in [1.54, 1.807) is 36.4 Å². The molecule has 0 bridgehead atoms. The Balaban J connectivity index is 1.64. The predicted octanol–water partition coefficient (Wildman–Crippen LogP) is 4.26. The van der Waals surface area contributed by atoms with E-state index in [4.69, 9.17) is 23.5 Å². The summed E-state index contributed by atoms with van der Waals surface area (Å²) >= 11 is 0. The largest absolute Gasteiger partial charge is 0.493 e. The fourth-order valence-corrected chi connectivity index (χ4v) is 2.72. The Kier molecular flexibility index (Phi) is 6.69. The number of rotatable bonds is 8. The normalized spacial score (nSPS) is 10.8. The molecule has 0 amide bonds. The average Bonchev–Trinajstić information content (AvgIpc) is 3.24. The second-order valence-corrected chi connectivity index (χ2v) is 6.06. The molecule has 30 heavy (non-hydrogen) atoms. The number of carbonyl (C=O) groups excluding carboxylic acids is 1. The molecule has 0 unspecified atom stereocenters. The van der Waals surface area contributed by atoms with Gasteiger partial charge in [0.15, 0.2) is 17.3 Å². The van der Waals surface area contributed by atoms with Gasteiger partial charge in [-0.1, -0.05) is 17.3 Å². The van der Waals surface area contributed by atoms with E-state index < -0.39 is 11.8 Å². The van der Waals surface area contributed by atoms with Crippen molar-refractivity contribution in [3.8, 4) is 28.6 Å². The third-order valence-electron chi connectivity index (χ3n) is 4.16. The van der Waals surface area contributed by atoms with Gasteiger partial charge in [-0.05, 0) is 35.9 Å². The quantitative estimate of drug-likeness (QED) is 0.403. The van der Waals surface area contributed by atoms with Gasteiger partial charge in [-0.2, -0.15) is 0 Å². The van der Waals surface area contributed by atoms with Gasteiger partial charge in [0.1, 0.15) is 18.1 Å². The molecule has 2 aromatic carbocycles. The van der Waals surface area contributed by atoms with Crippen LogP contribution in [0.5, 0.6) is 17.2 Å². The monoisotopic (exact) mass is 413 g/mol. The summed E-state index contributed by atoms with van der Waals surface area (Å²) in [5, 5.41) is 3.80. The van der Waals surface area contributed by atoms with Crippen LogP contribution in [0.2, 0.25) is 0 Å². The minimum atomic E-state index is -0.584. The number of hydrogen-bond acceptors (Lipinski definition) is 7. The summed E-state index contributed by atoms with van der Waals surface area (Å²) in [6, 6.07) is 11.1. The Morgan fingerprint density at radius 3 is 2.40 bits per heavy atom. The van der Waals surface area contributed by atoms with Crippen LogP contribution < -0.4 is 14.2 Å². The maximum atomic E-state index is 13.8. The van der Waals surface area contributed by atoms with E-state index in [-0.39, 0.29) is 17.9 Å². The van der Waals surface area contributed by atoms with Crippen LogP contribution in [-0.4, -0.2) is 32.5 Å². The summed E-state index contributed by atoms with van der Waals surface area (Å²) in [7, 11) is 4.52. The number of nitrogens with zero attached hydrogens (tertiary/aromatic N) is 1. The molecule has 1 heterocycles. The van der Waals surface area contributed by atoms with Crippen LogP contribution in [0.25, 0.3) is 17.4 Å². The lowest BCUT2D eigenvalue weighted by molar-refractivity contribution is -0.139.